The maximum absolute atomic E-state index is 11.8. The monoisotopic (exact) mass is 250 g/mol. The summed E-state index contributed by atoms with van der Waals surface area (Å²) in [4.78, 5) is 43.9. The molecule has 1 aliphatic rings. The highest BCUT2D eigenvalue weighted by molar-refractivity contribution is 6.20. The van der Waals surface area contributed by atoms with Crippen molar-refractivity contribution in [2.45, 2.75) is 0 Å². The molecule has 7 nitrogen and oxygen atoms in total. The number of hydrogen-bond acceptors (Lipinski definition) is 5. The van der Waals surface area contributed by atoms with E-state index < -0.39 is 24.3 Å². The minimum atomic E-state index is -0.603. The zero-order valence-corrected chi connectivity index (χ0v) is 9.50. The molecule has 0 aliphatic carbocycles. The Morgan fingerprint density at radius 3 is 2.28 bits per heavy atom. The van der Waals surface area contributed by atoms with Gasteiger partial charge >= 0.3 is 0 Å². The molecule has 0 radical (unpaired) electrons. The zero-order chi connectivity index (χ0) is 13.1. The summed E-state index contributed by atoms with van der Waals surface area (Å²) < 4.78 is 0. The molecule has 0 atom stereocenters. The fourth-order valence-electron chi connectivity index (χ4n) is 1.55. The topological polar surface area (TPSA) is 84.9 Å². The molecule has 18 heavy (non-hydrogen) atoms. The molecule has 0 bridgehead atoms. The van der Waals surface area contributed by atoms with Crippen LogP contribution in [0.2, 0.25) is 0 Å². The number of rotatable bonds is 4. The van der Waals surface area contributed by atoms with Gasteiger partial charge < -0.3 is 0 Å². The molecular weight excluding hydrogens is 240 g/mol. The molecule has 1 aliphatic heterocycles. The predicted molar refractivity (Wildman–Crippen MR) is 58.0 cm³/mol. The molecule has 0 unspecified atom stereocenters. The number of carbonyl (C=O) groups excluding carboxylic acids is 3. The largest absolute Gasteiger partial charge is 0.285 e. The van der Waals surface area contributed by atoms with Crippen LogP contribution in [0.5, 0.6) is 0 Å². The Labute approximate surface area is 102 Å². The van der Waals surface area contributed by atoms with E-state index >= 15 is 0 Å². The van der Waals surface area contributed by atoms with Gasteiger partial charge in [0.2, 0.25) is 0 Å². The lowest BCUT2D eigenvalue weighted by Gasteiger charge is -2.12. The Morgan fingerprint density at radius 2 is 1.78 bits per heavy atom. The van der Waals surface area contributed by atoms with Crippen LogP contribution in [0.4, 0.5) is 0 Å². The molecule has 0 saturated heterocycles. The first-order chi connectivity index (χ1) is 8.65. The summed E-state index contributed by atoms with van der Waals surface area (Å²) in [7, 11) is 1.26. The number of carbonyl (C=O) groups is 3. The first-order valence-corrected chi connectivity index (χ1v) is 5.07. The van der Waals surface area contributed by atoms with E-state index in [1.165, 1.54) is 19.2 Å². The van der Waals surface area contributed by atoms with E-state index in [2.05, 4.69) is 4.84 Å². The van der Waals surface area contributed by atoms with Gasteiger partial charge in [0.15, 0.2) is 6.61 Å². The Bertz CT molecular complexity index is 479. The van der Waals surface area contributed by atoms with Gasteiger partial charge in [-0.2, -0.15) is 0 Å². The summed E-state index contributed by atoms with van der Waals surface area (Å²) in [5.41, 5.74) is 2.52. The first kappa shape index (κ1) is 12.2. The summed E-state index contributed by atoms with van der Waals surface area (Å²) in [5.74, 6) is -1.77. The smallest absolute Gasteiger partial charge is 0.277 e. The molecule has 1 N–H and O–H groups in total. The number of hydrogen-bond donors (Lipinski definition) is 1. The van der Waals surface area contributed by atoms with Crippen LogP contribution < -0.4 is 5.48 Å². The quantitative estimate of drug-likeness (QED) is 0.595. The van der Waals surface area contributed by atoms with Crippen LogP contribution in [0.15, 0.2) is 24.3 Å². The van der Waals surface area contributed by atoms with Gasteiger partial charge in [0.05, 0.1) is 18.2 Å². The minimum absolute atomic E-state index is 0.259. The molecule has 3 amide bonds. The lowest BCUT2D eigenvalue weighted by Crippen LogP contribution is -2.35. The molecule has 0 aromatic heterocycles. The van der Waals surface area contributed by atoms with E-state index in [0.717, 1.165) is 0 Å². The normalized spacial score (nSPS) is 13.7. The van der Waals surface area contributed by atoms with E-state index in [9.17, 15) is 14.4 Å². The average Bonchev–Trinajstić information content (AvgIpc) is 2.61. The van der Waals surface area contributed by atoms with Crippen molar-refractivity contribution in [3.8, 4) is 0 Å². The highest BCUT2D eigenvalue weighted by Crippen LogP contribution is 2.22. The van der Waals surface area contributed by atoms with Crippen molar-refractivity contribution < 1.29 is 24.1 Å². The standard InChI is InChI=1S/C11H10N2O5/c1-17-12-9(14)6-18-13-10(15)7-4-2-3-5-8(7)11(13)16/h2-5H,6H2,1H3,(H,12,14). The summed E-state index contributed by atoms with van der Waals surface area (Å²) in [6.07, 6.45) is 0. The van der Waals surface area contributed by atoms with Crippen molar-refractivity contribution in [3.63, 3.8) is 0 Å². The first-order valence-electron chi connectivity index (χ1n) is 5.07. The number of hydroxylamine groups is 3. The molecule has 2 rings (SSSR count). The second kappa shape index (κ2) is 4.94. The van der Waals surface area contributed by atoms with Crippen LogP contribution in [-0.4, -0.2) is 36.5 Å². The number of nitrogens with zero attached hydrogens (tertiary/aromatic N) is 1. The van der Waals surface area contributed by atoms with Gasteiger partial charge in [-0.15, -0.1) is 5.06 Å². The van der Waals surface area contributed by atoms with Crippen LogP contribution >= 0.6 is 0 Å². The van der Waals surface area contributed by atoms with Crippen molar-refractivity contribution in [3.05, 3.63) is 35.4 Å². The van der Waals surface area contributed by atoms with Gasteiger partial charge in [0, 0.05) is 0 Å². The number of fused-ring (bicyclic) bond motifs is 1. The maximum atomic E-state index is 11.8. The summed E-state index contributed by atoms with van der Waals surface area (Å²) in [6.45, 7) is -0.487. The number of nitrogens with one attached hydrogen (secondary N) is 1. The van der Waals surface area contributed by atoms with Crippen LogP contribution in [0, 0.1) is 0 Å². The van der Waals surface area contributed by atoms with Gasteiger partial charge in [0.1, 0.15) is 0 Å². The third-order valence-corrected chi connectivity index (χ3v) is 2.30. The van der Waals surface area contributed by atoms with E-state index in [1.54, 1.807) is 12.1 Å². The number of amides is 3. The molecular formula is C11H10N2O5. The summed E-state index contributed by atoms with van der Waals surface area (Å²) in [5, 5.41) is 0.569. The lowest BCUT2D eigenvalue weighted by molar-refractivity contribution is -0.149. The minimum Gasteiger partial charge on any atom is -0.277 e. The highest BCUT2D eigenvalue weighted by atomic mass is 16.7. The fraction of sp³-hybridized carbons (Fsp3) is 0.182. The van der Waals surface area contributed by atoms with Crippen molar-refractivity contribution >= 4 is 17.7 Å². The molecule has 1 heterocycles. The Kier molecular flexibility index (Phi) is 3.35. The van der Waals surface area contributed by atoms with Crippen molar-refractivity contribution in [1.82, 2.24) is 10.5 Å². The molecule has 94 valence electrons. The van der Waals surface area contributed by atoms with Gasteiger partial charge in [0.25, 0.3) is 17.7 Å². The SMILES string of the molecule is CONC(=O)CON1C(=O)c2ccccc2C1=O. The Hall–Kier alpha value is -2.25. The summed E-state index contributed by atoms with van der Waals surface area (Å²) >= 11 is 0. The zero-order valence-electron chi connectivity index (χ0n) is 9.50. The van der Waals surface area contributed by atoms with Gasteiger partial charge in [-0.05, 0) is 12.1 Å². The third-order valence-electron chi connectivity index (χ3n) is 2.30. The van der Waals surface area contributed by atoms with Crippen molar-refractivity contribution in [1.29, 1.82) is 0 Å². The van der Waals surface area contributed by atoms with Gasteiger partial charge in [-0.1, -0.05) is 12.1 Å². The maximum Gasteiger partial charge on any atom is 0.285 e. The van der Waals surface area contributed by atoms with Crippen molar-refractivity contribution in [2.75, 3.05) is 13.7 Å². The Morgan fingerprint density at radius 1 is 1.22 bits per heavy atom. The lowest BCUT2D eigenvalue weighted by atomic mass is 10.1. The number of imide groups is 1. The van der Waals surface area contributed by atoms with Crippen LogP contribution in [0.1, 0.15) is 20.7 Å². The predicted octanol–water partition coefficient (Wildman–Crippen LogP) is -0.108. The van der Waals surface area contributed by atoms with E-state index in [0.29, 0.717) is 5.06 Å². The second-order valence-electron chi connectivity index (χ2n) is 3.45. The highest BCUT2D eigenvalue weighted by Gasteiger charge is 2.36. The molecule has 7 heteroatoms. The molecule has 0 spiro atoms. The fourth-order valence-corrected chi connectivity index (χ4v) is 1.55. The average molecular weight is 250 g/mol. The molecule has 1 aromatic carbocycles. The molecule has 0 fully saturated rings. The molecule has 0 saturated carbocycles. The van der Waals surface area contributed by atoms with Crippen LogP contribution in [0.25, 0.3) is 0 Å². The Balaban J connectivity index is 2.07. The van der Waals surface area contributed by atoms with E-state index in [-0.39, 0.29) is 11.1 Å². The summed E-state index contributed by atoms with van der Waals surface area (Å²) in [6, 6.07) is 6.33. The van der Waals surface area contributed by atoms with Gasteiger partial charge in [-0.25, -0.2) is 5.48 Å². The third kappa shape index (κ3) is 2.08. The second-order valence-corrected chi connectivity index (χ2v) is 3.45. The van der Waals surface area contributed by atoms with Crippen LogP contribution in [0.3, 0.4) is 0 Å². The van der Waals surface area contributed by atoms with Crippen molar-refractivity contribution in [2.24, 2.45) is 0 Å². The van der Waals surface area contributed by atoms with E-state index in [1.807, 2.05) is 5.48 Å². The van der Waals surface area contributed by atoms with E-state index in [4.69, 9.17) is 4.84 Å². The number of benzene rings is 1. The molecule has 1 aromatic rings. The van der Waals surface area contributed by atoms with Crippen LogP contribution in [-0.2, 0) is 14.5 Å². The van der Waals surface area contributed by atoms with Gasteiger partial charge in [-0.3, -0.25) is 24.1 Å².